The lowest BCUT2D eigenvalue weighted by Crippen LogP contribution is -2.52. The summed E-state index contributed by atoms with van der Waals surface area (Å²) < 4.78 is 0. The van der Waals surface area contributed by atoms with E-state index in [0.29, 0.717) is 19.1 Å². The number of amides is 1. The van der Waals surface area contributed by atoms with E-state index in [-0.39, 0.29) is 18.0 Å². The number of carbonyl (C=O) groups excluding carboxylic acids is 1. The Morgan fingerprint density at radius 3 is 3.06 bits per heavy atom. The Kier molecular flexibility index (Phi) is 3.93. The van der Waals surface area contributed by atoms with Gasteiger partial charge in [-0.1, -0.05) is 12.2 Å². The van der Waals surface area contributed by atoms with Crippen molar-refractivity contribution >= 4 is 5.91 Å². The average Bonchev–Trinajstić information content (AvgIpc) is 3.13. The molecular weight excluding hydrogens is 218 g/mol. The highest BCUT2D eigenvalue weighted by molar-refractivity contribution is 5.82. The molecule has 1 fully saturated rings. The van der Waals surface area contributed by atoms with E-state index in [4.69, 9.17) is 10.6 Å². The fourth-order valence-corrected chi connectivity index (χ4v) is 2.07. The number of hydroxylamine groups is 1. The van der Waals surface area contributed by atoms with Crippen LogP contribution in [0.5, 0.6) is 0 Å². The average molecular weight is 237 g/mol. The minimum absolute atomic E-state index is 0.123. The van der Waals surface area contributed by atoms with Crippen molar-refractivity contribution in [2.45, 2.75) is 24.9 Å². The second-order valence-electron chi connectivity index (χ2n) is 4.50. The fourth-order valence-electron chi connectivity index (χ4n) is 2.07. The van der Waals surface area contributed by atoms with Crippen LogP contribution in [0.2, 0.25) is 0 Å². The summed E-state index contributed by atoms with van der Waals surface area (Å²) in [4.78, 5) is 16.4. The van der Waals surface area contributed by atoms with E-state index in [1.54, 1.807) is 6.08 Å². The van der Waals surface area contributed by atoms with Gasteiger partial charge in [0.25, 0.3) is 0 Å². The first-order valence-corrected chi connectivity index (χ1v) is 5.95. The minimum atomic E-state index is -0.344. The third-order valence-corrected chi connectivity index (χ3v) is 3.09. The van der Waals surface area contributed by atoms with Gasteiger partial charge in [0.1, 0.15) is 6.04 Å². The van der Waals surface area contributed by atoms with Gasteiger partial charge in [0, 0.05) is 6.54 Å². The largest absolute Gasteiger partial charge is 0.368 e. The fraction of sp³-hybridized carbons (Fsp3) is 0.583. The Morgan fingerprint density at radius 1 is 1.71 bits per heavy atom. The van der Waals surface area contributed by atoms with Gasteiger partial charge in [0.2, 0.25) is 5.91 Å². The first kappa shape index (κ1) is 12.3. The van der Waals surface area contributed by atoms with E-state index in [2.05, 4.69) is 17.4 Å². The number of nitrogens with two attached hydrogens (primary N) is 1. The Bertz CT molecular complexity index is 337. The van der Waals surface area contributed by atoms with E-state index in [9.17, 15) is 4.79 Å². The number of rotatable bonds is 6. The molecule has 5 nitrogen and oxygen atoms in total. The Balaban J connectivity index is 1.99. The predicted octanol–water partition coefficient (Wildman–Crippen LogP) is -0.144. The van der Waals surface area contributed by atoms with Crippen molar-refractivity contribution in [3.05, 3.63) is 24.3 Å². The van der Waals surface area contributed by atoms with E-state index < -0.39 is 0 Å². The lowest BCUT2D eigenvalue weighted by molar-refractivity contribution is -0.119. The standard InChI is InChI=1S/C12H19N3O2/c1-2-5-17-15-11-7-14-10(12(13)16)6-9(11)8-3-4-8/h2,6,8,10-11,14-15H,1,3-5,7H2,(H2,13,16)/t10-,11?/m1/s1. The van der Waals surface area contributed by atoms with Gasteiger partial charge in [-0.15, -0.1) is 6.58 Å². The van der Waals surface area contributed by atoms with Crippen molar-refractivity contribution in [2.75, 3.05) is 13.2 Å². The second kappa shape index (κ2) is 5.44. The molecule has 0 aromatic heterocycles. The van der Waals surface area contributed by atoms with Crippen LogP contribution in [0, 0.1) is 5.92 Å². The molecule has 4 N–H and O–H groups in total. The summed E-state index contributed by atoms with van der Waals surface area (Å²) in [5, 5.41) is 3.09. The topological polar surface area (TPSA) is 76.4 Å². The highest BCUT2D eigenvalue weighted by atomic mass is 16.6. The molecule has 5 heteroatoms. The molecule has 0 aromatic carbocycles. The Hall–Kier alpha value is -1.17. The van der Waals surface area contributed by atoms with E-state index >= 15 is 0 Å². The summed E-state index contributed by atoms with van der Waals surface area (Å²) in [6.45, 7) is 4.71. The minimum Gasteiger partial charge on any atom is -0.368 e. The van der Waals surface area contributed by atoms with Crippen molar-refractivity contribution in [1.82, 2.24) is 10.8 Å². The van der Waals surface area contributed by atoms with E-state index in [1.165, 1.54) is 18.4 Å². The van der Waals surface area contributed by atoms with Crippen LogP contribution >= 0.6 is 0 Å². The monoisotopic (exact) mass is 237 g/mol. The van der Waals surface area contributed by atoms with Crippen LogP contribution in [-0.4, -0.2) is 31.1 Å². The quantitative estimate of drug-likeness (QED) is 0.341. The number of carbonyl (C=O) groups is 1. The van der Waals surface area contributed by atoms with Crippen LogP contribution < -0.4 is 16.5 Å². The molecule has 0 bridgehead atoms. The second-order valence-corrected chi connectivity index (χ2v) is 4.50. The van der Waals surface area contributed by atoms with Gasteiger partial charge in [-0.25, -0.2) is 0 Å². The normalized spacial score (nSPS) is 28.6. The van der Waals surface area contributed by atoms with Gasteiger partial charge < -0.3 is 11.1 Å². The maximum Gasteiger partial charge on any atom is 0.238 e. The number of nitrogens with one attached hydrogen (secondary N) is 2. The van der Waals surface area contributed by atoms with Crippen molar-refractivity contribution in [2.24, 2.45) is 11.7 Å². The molecule has 1 saturated carbocycles. The molecule has 2 aliphatic rings. The van der Waals surface area contributed by atoms with E-state index in [1.807, 2.05) is 6.08 Å². The molecule has 1 unspecified atom stereocenters. The third-order valence-electron chi connectivity index (χ3n) is 3.09. The molecule has 2 atom stereocenters. The van der Waals surface area contributed by atoms with Gasteiger partial charge in [-0.3, -0.25) is 9.63 Å². The first-order valence-electron chi connectivity index (χ1n) is 5.95. The van der Waals surface area contributed by atoms with Crippen LogP contribution in [0.4, 0.5) is 0 Å². The molecule has 1 aliphatic heterocycles. The van der Waals surface area contributed by atoms with Crippen LogP contribution in [0.1, 0.15) is 12.8 Å². The summed E-state index contributed by atoms with van der Waals surface area (Å²) in [5.41, 5.74) is 9.55. The van der Waals surface area contributed by atoms with Gasteiger partial charge in [0.05, 0.1) is 12.6 Å². The molecule has 1 amide bonds. The van der Waals surface area contributed by atoms with Crippen molar-refractivity contribution < 1.29 is 9.63 Å². The smallest absolute Gasteiger partial charge is 0.238 e. The van der Waals surface area contributed by atoms with Gasteiger partial charge in [-0.05, 0) is 24.3 Å². The molecule has 2 rings (SSSR count). The molecule has 0 radical (unpaired) electrons. The predicted molar refractivity (Wildman–Crippen MR) is 64.9 cm³/mol. The zero-order valence-electron chi connectivity index (χ0n) is 9.82. The number of hydrogen-bond acceptors (Lipinski definition) is 4. The van der Waals surface area contributed by atoms with Crippen LogP contribution in [-0.2, 0) is 9.63 Å². The van der Waals surface area contributed by atoms with Gasteiger partial charge >= 0.3 is 0 Å². The molecule has 1 heterocycles. The molecule has 17 heavy (non-hydrogen) atoms. The summed E-state index contributed by atoms with van der Waals surface area (Å²) in [5.74, 6) is 0.261. The lowest BCUT2D eigenvalue weighted by atomic mass is 9.96. The molecule has 1 aliphatic carbocycles. The van der Waals surface area contributed by atoms with Crippen LogP contribution in [0.15, 0.2) is 24.3 Å². The van der Waals surface area contributed by atoms with Crippen LogP contribution in [0.25, 0.3) is 0 Å². The molecule has 0 aromatic rings. The zero-order chi connectivity index (χ0) is 12.3. The van der Waals surface area contributed by atoms with Crippen molar-refractivity contribution in [3.8, 4) is 0 Å². The third kappa shape index (κ3) is 3.15. The Morgan fingerprint density at radius 2 is 2.47 bits per heavy atom. The number of primary amides is 1. The zero-order valence-corrected chi connectivity index (χ0v) is 9.82. The Labute approximate surface area is 101 Å². The summed E-state index contributed by atoms with van der Waals surface area (Å²) in [6.07, 6.45) is 6.02. The molecule has 0 saturated heterocycles. The maximum absolute atomic E-state index is 11.2. The highest BCUT2D eigenvalue weighted by Gasteiger charge is 2.35. The number of hydrogen-bond donors (Lipinski definition) is 3. The SMILES string of the molecule is C=CCONC1CN[C@@H](C(N)=O)C=C1C1CC1. The van der Waals surface area contributed by atoms with Gasteiger partial charge in [0.15, 0.2) is 0 Å². The summed E-state index contributed by atoms with van der Waals surface area (Å²) in [7, 11) is 0. The summed E-state index contributed by atoms with van der Waals surface area (Å²) >= 11 is 0. The van der Waals surface area contributed by atoms with E-state index in [0.717, 1.165) is 0 Å². The summed E-state index contributed by atoms with van der Waals surface area (Å²) in [6, 6.07) is -0.221. The molecular formula is C12H19N3O2. The molecule has 0 spiro atoms. The van der Waals surface area contributed by atoms with Crippen LogP contribution in [0.3, 0.4) is 0 Å². The maximum atomic E-state index is 11.2. The lowest BCUT2D eigenvalue weighted by Gasteiger charge is -2.29. The highest BCUT2D eigenvalue weighted by Crippen LogP contribution is 2.39. The first-order chi connectivity index (χ1) is 8.22. The van der Waals surface area contributed by atoms with Gasteiger partial charge in [-0.2, -0.15) is 5.48 Å². The molecule has 94 valence electrons. The van der Waals surface area contributed by atoms with Crippen molar-refractivity contribution in [1.29, 1.82) is 0 Å². The van der Waals surface area contributed by atoms with Crippen molar-refractivity contribution in [3.63, 3.8) is 0 Å².